The molecular formula is C23H26F3N5O3. The van der Waals surface area contributed by atoms with E-state index in [0.29, 0.717) is 18.8 Å². The maximum absolute atomic E-state index is 12.7. The zero-order valence-corrected chi connectivity index (χ0v) is 18.4. The predicted octanol–water partition coefficient (Wildman–Crippen LogP) is 3.54. The molecule has 1 amide bonds. The molecule has 0 bridgehead atoms. The molecule has 1 saturated carbocycles. The number of halogens is 3. The van der Waals surface area contributed by atoms with Gasteiger partial charge in [-0.2, -0.15) is 13.2 Å². The van der Waals surface area contributed by atoms with Gasteiger partial charge in [-0.1, -0.05) is 6.07 Å². The van der Waals surface area contributed by atoms with Crippen molar-refractivity contribution in [1.82, 2.24) is 20.3 Å². The Morgan fingerprint density at radius 2 is 1.94 bits per heavy atom. The van der Waals surface area contributed by atoms with E-state index in [1.807, 2.05) is 0 Å². The number of carbonyl (C=O) groups excluding carboxylic acids is 1. The molecule has 34 heavy (non-hydrogen) atoms. The highest BCUT2D eigenvalue weighted by atomic mass is 19.4. The summed E-state index contributed by atoms with van der Waals surface area (Å²) in [5.74, 6) is -1.74. The molecule has 1 atom stereocenters. The lowest BCUT2D eigenvalue weighted by atomic mass is 9.72. The molecule has 2 aromatic rings. The van der Waals surface area contributed by atoms with Crippen LogP contribution in [0.4, 0.5) is 19.0 Å². The third-order valence-corrected chi connectivity index (χ3v) is 6.39. The fourth-order valence-corrected chi connectivity index (χ4v) is 4.43. The second-order valence-corrected chi connectivity index (χ2v) is 8.91. The number of carbonyl (C=O) groups is 2. The molecule has 1 aliphatic heterocycles. The minimum absolute atomic E-state index is 0.117. The molecule has 0 radical (unpaired) electrons. The van der Waals surface area contributed by atoms with Crippen LogP contribution in [-0.4, -0.2) is 38.5 Å². The Labute approximate surface area is 194 Å². The number of amides is 1. The molecule has 182 valence electrons. The van der Waals surface area contributed by atoms with Gasteiger partial charge in [0.05, 0.1) is 12.5 Å². The first-order valence-electron chi connectivity index (χ1n) is 11.3. The van der Waals surface area contributed by atoms with Crippen LogP contribution in [0.25, 0.3) is 0 Å². The highest BCUT2D eigenvalue weighted by Gasteiger charge is 2.37. The van der Waals surface area contributed by atoms with Gasteiger partial charge in [0.15, 0.2) is 0 Å². The molecular weight excluding hydrogens is 451 g/mol. The smallest absolute Gasteiger partial charge is 0.451 e. The SMILES string of the molecule is O=C(O)CC(NC(=O)C1CC(CCc2ccc3c(n2)NCCC3)C1)c1cnc(C(F)(F)F)nc1. The first-order valence-corrected chi connectivity index (χ1v) is 11.3. The van der Waals surface area contributed by atoms with Crippen molar-refractivity contribution in [2.45, 2.75) is 57.2 Å². The van der Waals surface area contributed by atoms with Crippen molar-refractivity contribution in [2.24, 2.45) is 11.8 Å². The number of alkyl halides is 3. The fourth-order valence-electron chi connectivity index (χ4n) is 4.43. The number of carboxylic acid groups (broad SMARTS) is 1. The van der Waals surface area contributed by atoms with E-state index < -0.39 is 30.4 Å². The molecule has 8 nitrogen and oxygen atoms in total. The monoisotopic (exact) mass is 477 g/mol. The second kappa shape index (κ2) is 9.94. The van der Waals surface area contributed by atoms with Crippen molar-refractivity contribution in [3.63, 3.8) is 0 Å². The zero-order chi connectivity index (χ0) is 24.3. The minimum Gasteiger partial charge on any atom is -0.481 e. The van der Waals surface area contributed by atoms with E-state index in [9.17, 15) is 22.8 Å². The van der Waals surface area contributed by atoms with E-state index in [0.717, 1.165) is 56.1 Å². The summed E-state index contributed by atoms with van der Waals surface area (Å²) in [6, 6.07) is 3.17. The van der Waals surface area contributed by atoms with Crippen LogP contribution in [0.5, 0.6) is 0 Å². The van der Waals surface area contributed by atoms with Crippen LogP contribution in [0.15, 0.2) is 24.5 Å². The van der Waals surface area contributed by atoms with Gasteiger partial charge in [-0.05, 0) is 56.1 Å². The maximum atomic E-state index is 12.7. The van der Waals surface area contributed by atoms with E-state index in [-0.39, 0.29) is 17.4 Å². The lowest BCUT2D eigenvalue weighted by molar-refractivity contribution is -0.145. The number of aromatic nitrogens is 3. The first-order chi connectivity index (χ1) is 16.2. The van der Waals surface area contributed by atoms with Crippen LogP contribution < -0.4 is 10.6 Å². The lowest BCUT2D eigenvalue weighted by Gasteiger charge is -2.35. The summed E-state index contributed by atoms with van der Waals surface area (Å²) in [5.41, 5.74) is 2.38. The fraction of sp³-hybridized carbons (Fsp3) is 0.522. The number of aliphatic carboxylic acids is 1. The van der Waals surface area contributed by atoms with E-state index in [4.69, 9.17) is 10.1 Å². The van der Waals surface area contributed by atoms with Gasteiger partial charge in [0.2, 0.25) is 11.7 Å². The Hall–Kier alpha value is -3.24. The summed E-state index contributed by atoms with van der Waals surface area (Å²) in [4.78, 5) is 35.1. The van der Waals surface area contributed by atoms with Crippen LogP contribution in [0.1, 0.15) is 60.8 Å². The van der Waals surface area contributed by atoms with Crippen LogP contribution >= 0.6 is 0 Å². The molecule has 3 heterocycles. The molecule has 4 rings (SSSR count). The number of aryl methyl sites for hydroxylation is 2. The molecule has 1 aliphatic carbocycles. The number of hydrogen-bond acceptors (Lipinski definition) is 6. The van der Waals surface area contributed by atoms with Gasteiger partial charge in [0, 0.05) is 36.1 Å². The topological polar surface area (TPSA) is 117 Å². The summed E-state index contributed by atoms with van der Waals surface area (Å²) in [6.45, 7) is 0.935. The van der Waals surface area contributed by atoms with Crippen molar-refractivity contribution in [3.05, 3.63) is 47.2 Å². The highest BCUT2D eigenvalue weighted by Crippen LogP contribution is 2.37. The average Bonchev–Trinajstić information content (AvgIpc) is 2.76. The van der Waals surface area contributed by atoms with Crippen LogP contribution in [-0.2, 0) is 28.6 Å². The molecule has 0 aromatic carbocycles. The molecule has 0 spiro atoms. The van der Waals surface area contributed by atoms with E-state index in [1.165, 1.54) is 5.56 Å². The van der Waals surface area contributed by atoms with E-state index >= 15 is 0 Å². The van der Waals surface area contributed by atoms with Crippen molar-refractivity contribution in [3.8, 4) is 0 Å². The molecule has 0 saturated heterocycles. The van der Waals surface area contributed by atoms with Gasteiger partial charge in [-0.25, -0.2) is 15.0 Å². The standard InChI is InChI=1S/C23H26F3N5O3/c24-23(25,26)22-28-11-16(12-29-22)18(10-19(32)33)31-21(34)15-8-13(9-15)3-5-17-6-4-14-2-1-7-27-20(14)30-17/h4,6,11-13,15,18H,1-3,5,7-10H2,(H,27,30)(H,31,34)(H,32,33). The maximum Gasteiger partial charge on any atom is 0.451 e. The number of carboxylic acids is 1. The Balaban J connectivity index is 1.28. The van der Waals surface area contributed by atoms with E-state index in [1.54, 1.807) is 0 Å². The van der Waals surface area contributed by atoms with Crippen molar-refractivity contribution < 1.29 is 27.9 Å². The molecule has 11 heteroatoms. The molecule has 3 N–H and O–H groups in total. The Morgan fingerprint density at radius 1 is 1.21 bits per heavy atom. The Kier molecular flexibility index (Phi) is 6.99. The van der Waals surface area contributed by atoms with Crippen LogP contribution in [0.2, 0.25) is 0 Å². The quantitative estimate of drug-likeness (QED) is 0.532. The molecule has 2 aromatic heterocycles. The molecule has 1 fully saturated rings. The summed E-state index contributed by atoms with van der Waals surface area (Å²) in [7, 11) is 0. The third-order valence-electron chi connectivity index (χ3n) is 6.39. The van der Waals surface area contributed by atoms with Crippen molar-refractivity contribution >= 4 is 17.7 Å². The summed E-state index contributed by atoms with van der Waals surface area (Å²) in [5, 5.41) is 15.1. The number of anilines is 1. The van der Waals surface area contributed by atoms with Gasteiger partial charge in [0.25, 0.3) is 0 Å². The number of nitrogens with zero attached hydrogens (tertiary/aromatic N) is 3. The number of rotatable bonds is 8. The number of pyridine rings is 1. The van der Waals surface area contributed by atoms with E-state index in [2.05, 4.69) is 32.7 Å². The summed E-state index contributed by atoms with van der Waals surface area (Å²) < 4.78 is 38.1. The number of nitrogens with one attached hydrogen (secondary N) is 2. The summed E-state index contributed by atoms with van der Waals surface area (Å²) in [6.07, 6.45) is 1.87. The largest absolute Gasteiger partial charge is 0.481 e. The number of hydrogen-bond donors (Lipinski definition) is 3. The van der Waals surface area contributed by atoms with Gasteiger partial charge < -0.3 is 15.7 Å². The number of fused-ring (bicyclic) bond motifs is 1. The van der Waals surface area contributed by atoms with Gasteiger partial charge in [-0.15, -0.1) is 0 Å². The Morgan fingerprint density at radius 3 is 2.62 bits per heavy atom. The van der Waals surface area contributed by atoms with Crippen LogP contribution in [0.3, 0.4) is 0 Å². The van der Waals surface area contributed by atoms with Crippen molar-refractivity contribution in [1.29, 1.82) is 0 Å². The summed E-state index contributed by atoms with van der Waals surface area (Å²) >= 11 is 0. The predicted molar refractivity (Wildman–Crippen MR) is 116 cm³/mol. The lowest BCUT2D eigenvalue weighted by Crippen LogP contribution is -2.41. The van der Waals surface area contributed by atoms with Gasteiger partial charge in [0.1, 0.15) is 5.82 Å². The normalized spacial score (nSPS) is 20.4. The van der Waals surface area contributed by atoms with Crippen molar-refractivity contribution in [2.75, 3.05) is 11.9 Å². The second-order valence-electron chi connectivity index (χ2n) is 8.91. The van der Waals surface area contributed by atoms with Crippen LogP contribution in [0, 0.1) is 11.8 Å². The third kappa shape index (κ3) is 5.81. The molecule has 2 aliphatic rings. The van der Waals surface area contributed by atoms with Gasteiger partial charge in [-0.3, -0.25) is 9.59 Å². The van der Waals surface area contributed by atoms with Gasteiger partial charge >= 0.3 is 12.1 Å². The average molecular weight is 477 g/mol. The minimum atomic E-state index is -4.70. The zero-order valence-electron chi connectivity index (χ0n) is 18.4. The highest BCUT2D eigenvalue weighted by molar-refractivity contribution is 5.80. The Bertz CT molecular complexity index is 1040. The first kappa shape index (κ1) is 23.9. The molecule has 1 unspecified atom stereocenters.